The first-order valence-electron chi connectivity index (χ1n) is 10.9. The van der Waals surface area contributed by atoms with E-state index in [1.54, 1.807) is 12.3 Å². The number of carbonyl (C=O) groups excluding carboxylic acids is 1. The zero-order valence-electron chi connectivity index (χ0n) is 18.7. The van der Waals surface area contributed by atoms with Crippen molar-refractivity contribution in [3.63, 3.8) is 0 Å². The number of anilines is 2. The van der Waals surface area contributed by atoms with Crippen molar-refractivity contribution in [2.24, 2.45) is 11.7 Å². The molecule has 4 rings (SSSR count). The van der Waals surface area contributed by atoms with Gasteiger partial charge in [-0.25, -0.2) is 17.6 Å². The van der Waals surface area contributed by atoms with Crippen molar-refractivity contribution in [3.05, 3.63) is 77.1 Å². The highest BCUT2D eigenvalue weighted by atomic mass is 19.1. The molecule has 1 amide bonds. The van der Waals surface area contributed by atoms with E-state index in [0.29, 0.717) is 30.4 Å². The fourth-order valence-electron chi connectivity index (χ4n) is 4.44. The SMILES string of the molecule is Cc1cc(F)c(-c2c(F)ccc(C(=O)Nc3cnccc3N3C[C@H](C)C[C@H](N)C3)c2F)c(F)c1. The lowest BCUT2D eigenvalue weighted by molar-refractivity contribution is 0.102. The highest BCUT2D eigenvalue weighted by Gasteiger charge is 2.27. The summed E-state index contributed by atoms with van der Waals surface area (Å²) in [6.07, 6.45) is 3.86. The van der Waals surface area contributed by atoms with Gasteiger partial charge >= 0.3 is 0 Å². The number of halogens is 4. The summed E-state index contributed by atoms with van der Waals surface area (Å²) >= 11 is 0. The summed E-state index contributed by atoms with van der Waals surface area (Å²) in [5.41, 5.74) is 5.00. The Kier molecular flexibility index (Phi) is 6.56. The van der Waals surface area contributed by atoms with Gasteiger partial charge in [-0.15, -0.1) is 0 Å². The maximum absolute atomic E-state index is 15.3. The van der Waals surface area contributed by atoms with Crippen molar-refractivity contribution < 1.29 is 22.4 Å². The number of aryl methyl sites for hydroxylation is 1. The van der Waals surface area contributed by atoms with Crippen LogP contribution < -0.4 is 16.0 Å². The smallest absolute Gasteiger partial charge is 0.258 e. The van der Waals surface area contributed by atoms with E-state index in [1.807, 2.05) is 4.90 Å². The number of rotatable bonds is 4. The number of benzene rings is 2. The summed E-state index contributed by atoms with van der Waals surface area (Å²) in [5.74, 6) is -5.38. The van der Waals surface area contributed by atoms with E-state index in [0.717, 1.165) is 30.7 Å². The predicted molar refractivity (Wildman–Crippen MR) is 123 cm³/mol. The number of hydrogen-bond donors (Lipinski definition) is 2. The number of nitrogens with zero attached hydrogens (tertiary/aromatic N) is 2. The molecule has 0 spiro atoms. The molecule has 0 bridgehead atoms. The summed E-state index contributed by atoms with van der Waals surface area (Å²) in [7, 11) is 0. The van der Waals surface area contributed by atoms with Crippen molar-refractivity contribution in [1.29, 1.82) is 0 Å². The highest BCUT2D eigenvalue weighted by molar-refractivity contribution is 6.06. The predicted octanol–water partition coefficient (Wildman–Crippen LogP) is 5.04. The van der Waals surface area contributed by atoms with Crippen molar-refractivity contribution in [2.75, 3.05) is 23.3 Å². The third kappa shape index (κ3) is 4.61. The lowest BCUT2D eigenvalue weighted by Gasteiger charge is -2.37. The summed E-state index contributed by atoms with van der Waals surface area (Å²) in [6, 6.07) is 5.34. The van der Waals surface area contributed by atoms with E-state index in [-0.39, 0.29) is 11.6 Å². The van der Waals surface area contributed by atoms with Crippen LogP contribution in [-0.2, 0) is 0 Å². The van der Waals surface area contributed by atoms with Crippen molar-refractivity contribution in [2.45, 2.75) is 26.3 Å². The molecule has 0 saturated carbocycles. The molecule has 9 heteroatoms. The van der Waals surface area contributed by atoms with Gasteiger partial charge in [0, 0.05) is 25.3 Å². The molecular weight excluding hydrogens is 448 g/mol. The maximum atomic E-state index is 15.3. The first kappa shape index (κ1) is 23.7. The molecule has 178 valence electrons. The highest BCUT2D eigenvalue weighted by Crippen LogP contribution is 2.34. The Bertz CT molecular complexity index is 1220. The van der Waals surface area contributed by atoms with E-state index in [4.69, 9.17) is 5.73 Å². The van der Waals surface area contributed by atoms with E-state index in [2.05, 4.69) is 17.2 Å². The molecule has 3 N–H and O–H groups in total. The molecule has 5 nitrogen and oxygen atoms in total. The van der Waals surface area contributed by atoms with Gasteiger partial charge in [-0.1, -0.05) is 6.92 Å². The second-order valence-electron chi connectivity index (χ2n) is 8.74. The standard InChI is InChI=1S/C25H24F4N4O/c1-13-8-18(27)22(19(28)9-13)23-17(26)4-3-16(24(23)29)25(34)32-20-10-31-6-5-21(20)33-11-14(2)7-15(30)12-33/h3-6,8-10,14-15H,7,11-12,30H2,1-2H3,(H,32,34)/t14-,15+/m1/s1. The van der Waals surface area contributed by atoms with Gasteiger partial charge in [0.2, 0.25) is 0 Å². The molecule has 2 atom stereocenters. The maximum Gasteiger partial charge on any atom is 0.258 e. The van der Waals surface area contributed by atoms with Crippen LogP contribution >= 0.6 is 0 Å². The van der Waals surface area contributed by atoms with E-state index in [1.165, 1.54) is 13.1 Å². The fraction of sp³-hybridized carbons (Fsp3) is 0.280. The van der Waals surface area contributed by atoms with E-state index in [9.17, 15) is 18.0 Å². The van der Waals surface area contributed by atoms with Crippen LogP contribution in [0.4, 0.5) is 28.9 Å². The Hall–Kier alpha value is -3.46. The number of carbonyl (C=O) groups is 1. The Morgan fingerprint density at radius 2 is 1.76 bits per heavy atom. The lowest BCUT2D eigenvalue weighted by Crippen LogP contribution is -2.46. The number of pyridine rings is 1. The molecule has 34 heavy (non-hydrogen) atoms. The molecule has 1 aliphatic heterocycles. The van der Waals surface area contributed by atoms with Crippen LogP contribution in [0.25, 0.3) is 11.1 Å². The van der Waals surface area contributed by atoms with E-state index >= 15 is 4.39 Å². The molecule has 2 aromatic carbocycles. The third-order valence-corrected chi connectivity index (χ3v) is 5.85. The molecule has 1 fully saturated rings. The molecule has 1 saturated heterocycles. The van der Waals surface area contributed by atoms with Gasteiger partial charge in [0.25, 0.3) is 5.91 Å². The fourth-order valence-corrected chi connectivity index (χ4v) is 4.44. The number of nitrogens with one attached hydrogen (secondary N) is 1. The molecule has 1 aliphatic rings. The molecule has 0 unspecified atom stereocenters. The van der Waals surface area contributed by atoms with Crippen LogP contribution in [0.1, 0.15) is 29.3 Å². The monoisotopic (exact) mass is 472 g/mol. The van der Waals surface area contributed by atoms with Crippen LogP contribution in [0.15, 0.2) is 42.7 Å². The van der Waals surface area contributed by atoms with Crippen LogP contribution in [0.5, 0.6) is 0 Å². The Morgan fingerprint density at radius 3 is 2.44 bits per heavy atom. The molecule has 0 aliphatic carbocycles. The van der Waals surface area contributed by atoms with Crippen LogP contribution in [-0.4, -0.2) is 30.0 Å². The quantitative estimate of drug-likeness (QED) is 0.522. The summed E-state index contributed by atoms with van der Waals surface area (Å²) < 4.78 is 58.7. The van der Waals surface area contributed by atoms with Crippen molar-refractivity contribution in [1.82, 2.24) is 4.98 Å². The number of hydrogen-bond acceptors (Lipinski definition) is 4. The van der Waals surface area contributed by atoms with Gasteiger partial charge in [-0.3, -0.25) is 9.78 Å². The third-order valence-electron chi connectivity index (χ3n) is 5.85. The Labute approximate surface area is 194 Å². The van der Waals surface area contributed by atoms with Gasteiger partial charge < -0.3 is 16.0 Å². The minimum atomic E-state index is -1.36. The topological polar surface area (TPSA) is 71.2 Å². The molecular formula is C25H24F4N4O. The van der Waals surface area contributed by atoms with Gasteiger partial charge in [-0.05, 0) is 55.2 Å². The number of nitrogens with two attached hydrogens (primary N) is 1. The second-order valence-corrected chi connectivity index (χ2v) is 8.74. The Balaban J connectivity index is 1.70. The molecule has 1 aromatic heterocycles. The zero-order chi connectivity index (χ0) is 24.6. The largest absolute Gasteiger partial charge is 0.368 e. The number of aromatic nitrogens is 1. The second kappa shape index (κ2) is 9.42. The van der Waals surface area contributed by atoms with Gasteiger partial charge in [0.15, 0.2) is 0 Å². The lowest BCUT2D eigenvalue weighted by atomic mass is 9.96. The minimum Gasteiger partial charge on any atom is -0.368 e. The number of amides is 1. The summed E-state index contributed by atoms with van der Waals surface area (Å²) in [6.45, 7) is 4.80. The van der Waals surface area contributed by atoms with E-state index < -0.39 is 45.9 Å². The number of piperidine rings is 1. The van der Waals surface area contributed by atoms with Crippen molar-refractivity contribution in [3.8, 4) is 11.1 Å². The first-order chi connectivity index (χ1) is 16.2. The summed E-state index contributed by atoms with van der Waals surface area (Å²) in [5, 5.41) is 2.60. The average Bonchev–Trinajstić information content (AvgIpc) is 2.75. The molecule has 0 radical (unpaired) electrons. The zero-order valence-corrected chi connectivity index (χ0v) is 18.7. The van der Waals surface area contributed by atoms with Crippen LogP contribution in [0.2, 0.25) is 0 Å². The van der Waals surface area contributed by atoms with Gasteiger partial charge in [0.05, 0.1) is 34.3 Å². The Morgan fingerprint density at radius 1 is 1.06 bits per heavy atom. The molecule has 3 aromatic rings. The van der Waals surface area contributed by atoms with Crippen LogP contribution in [0, 0.1) is 36.1 Å². The molecule has 2 heterocycles. The summed E-state index contributed by atoms with van der Waals surface area (Å²) in [4.78, 5) is 19.0. The van der Waals surface area contributed by atoms with Crippen LogP contribution in [0.3, 0.4) is 0 Å². The van der Waals surface area contributed by atoms with Gasteiger partial charge in [-0.2, -0.15) is 0 Å². The normalized spacial score (nSPS) is 18.1. The average molecular weight is 472 g/mol. The minimum absolute atomic E-state index is 0.0446. The first-order valence-corrected chi connectivity index (χ1v) is 10.9. The van der Waals surface area contributed by atoms with Gasteiger partial charge in [0.1, 0.15) is 23.3 Å². The van der Waals surface area contributed by atoms with Crippen molar-refractivity contribution >= 4 is 17.3 Å².